The summed E-state index contributed by atoms with van der Waals surface area (Å²) in [6.45, 7) is 5.99. The Morgan fingerprint density at radius 1 is 1.29 bits per heavy atom. The highest BCUT2D eigenvalue weighted by Gasteiger charge is 2.20. The molecule has 0 bridgehead atoms. The normalized spacial score (nSPS) is 16.4. The van der Waals surface area contributed by atoms with Crippen molar-refractivity contribution < 1.29 is 0 Å². The minimum atomic E-state index is 0.635. The van der Waals surface area contributed by atoms with Crippen LogP contribution in [-0.4, -0.2) is 23.1 Å². The summed E-state index contributed by atoms with van der Waals surface area (Å²) >= 11 is 0. The smallest absolute Gasteiger partial charge is 0.0489 e. The van der Waals surface area contributed by atoms with Gasteiger partial charge in [-0.05, 0) is 31.2 Å². The Balaban J connectivity index is 2.31. The maximum absolute atomic E-state index is 5.94. The van der Waals surface area contributed by atoms with Crippen LogP contribution in [0.15, 0.2) is 18.2 Å². The first-order valence-electron chi connectivity index (χ1n) is 6.20. The molecule has 0 unspecified atom stereocenters. The topological polar surface area (TPSA) is 34.2 Å². The first-order chi connectivity index (χ1) is 8.20. The molecule has 1 aliphatic heterocycles. The van der Waals surface area contributed by atoms with Crippen molar-refractivity contribution in [1.29, 1.82) is 0 Å². The van der Waals surface area contributed by atoms with E-state index in [0.717, 1.165) is 19.6 Å². The van der Waals surface area contributed by atoms with E-state index in [-0.39, 0.29) is 0 Å². The Hall–Kier alpha value is -1.32. The number of aryl methyl sites for hydroxylation is 1. The Morgan fingerprint density at radius 3 is 2.88 bits per heavy atom. The molecule has 1 aromatic carbocycles. The molecule has 0 saturated carbocycles. The van der Waals surface area contributed by atoms with Crippen LogP contribution in [-0.2, 0) is 19.6 Å². The Bertz CT molecular complexity index is 568. The molecular formula is C14H19N3. The van der Waals surface area contributed by atoms with Gasteiger partial charge in [0.2, 0.25) is 0 Å². The number of likely N-dealkylation sites (N-methyl/N-ethyl adjacent to an activating group) is 1. The van der Waals surface area contributed by atoms with Crippen molar-refractivity contribution >= 4 is 10.9 Å². The number of nitrogens with two attached hydrogens (primary N) is 1. The largest absolute Gasteiger partial charge is 0.342 e. The van der Waals surface area contributed by atoms with Crippen LogP contribution in [0.4, 0.5) is 0 Å². The van der Waals surface area contributed by atoms with Gasteiger partial charge in [0.25, 0.3) is 0 Å². The van der Waals surface area contributed by atoms with E-state index in [0.29, 0.717) is 6.54 Å². The highest BCUT2D eigenvalue weighted by atomic mass is 15.2. The van der Waals surface area contributed by atoms with Gasteiger partial charge in [-0.15, -0.1) is 0 Å². The second-order valence-corrected chi connectivity index (χ2v) is 5.04. The first-order valence-corrected chi connectivity index (χ1v) is 6.20. The van der Waals surface area contributed by atoms with Crippen molar-refractivity contribution in [3.05, 3.63) is 35.0 Å². The van der Waals surface area contributed by atoms with Gasteiger partial charge < -0.3 is 10.3 Å². The molecule has 0 saturated heterocycles. The lowest BCUT2D eigenvalue weighted by atomic mass is 10.1. The molecule has 2 heterocycles. The van der Waals surface area contributed by atoms with Crippen LogP contribution in [0, 0.1) is 6.92 Å². The van der Waals surface area contributed by atoms with E-state index in [4.69, 9.17) is 5.73 Å². The van der Waals surface area contributed by atoms with Crippen molar-refractivity contribution in [2.75, 3.05) is 13.6 Å². The summed E-state index contributed by atoms with van der Waals surface area (Å²) < 4.78 is 2.45. The van der Waals surface area contributed by atoms with Gasteiger partial charge in [-0.25, -0.2) is 0 Å². The molecule has 0 radical (unpaired) electrons. The molecule has 3 heteroatoms. The zero-order valence-electron chi connectivity index (χ0n) is 10.5. The zero-order valence-corrected chi connectivity index (χ0v) is 10.5. The third kappa shape index (κ3) is 1.58. The van der Waals surface area contributed by atoms with Gasteiger partial charge in [0, 0.05) is 42.8 Å². The van der Waals surface area contributed by atoms with E-state index in [1.54, 1.807) is 0 Å². The minimum absolute atomic E-state index is 0.635. The molecule has 1 aliphatic rings. The summed E-state index contributed by atoms with van der Waals surface area (Å²) in [6.07, 6.45) is 0. The number of benzene rings is 1. The molecule has 3 nitrogen and oxygen atoms in total. The summed E-state index contributed by atoms with van der Waals surface area (Å²) in [5.74, 6) is 0. The van der Waals surface area contributed by atoms with Crippen molar-refractivity contribution in [2.24, 2.45) is 5.73 Å². The van der Waals surface area contributed by atoms with Crippen LogP contribution in [0.2, 0.25) is 0 Å². The number of aromatic nitrogens is 1. The molecule has 2 aromatic rings. The summed E-state index contributed by atoms with van der Waals surface area (Å²) in [5, 5.41) is 1.34. The van der Waals surface area contributed by atoms with E-state index < -0.39 is 0 Å². The molecule has 3 rings (SSSR count). The van der Waals surface area contributed by atoms with Gasteiger partial charge in [0.05, 0.1) is 0 Å². The predicted octanol–water partition coefficient (Wildman–Crippen LogP) is 1.85. The van der Waals surface area contributed by atoms with Gasteiger partial charge in [-0.3, -0.25) is 4.90 Å². The van der Waals surface area contributed by atoms with Crippen LogP contribution in [0.25, 0.3) is 10.9 Å². The van der Waals surface area contributed by atoms with Crippen LogP contribution < -0.4 is 5.73 Å². The molecule has 90 valence electrons. The Morgan fingerprint density at radius 2 is 2.12 bits per heavy atom. The van der Waals surface area contributed by atoms with Crippen molar-refractivity contribution in [2.45, 2.75) is 26.6 Å². The van der Waals surface area contributed by atoms with E-state index in [9.17, 15) is 0 Å². The molecule has 0 fully saturated rings. The second kappa shape index (κ2) is 3.86. The molecule has 2 N–H and O–H groups in total. The maximum atomic E-state index is 5.94. The summed E-state index contributed by atoms with van der Waals surface area (Å²) in [4.78, 5) is 2.36. The van der Waals surface area contributed by atoms with E-state index in [2.05, 4.69) is 41.6 Å². The number of nitrogens with zero attached hydrogens (tertiary/aromatic N) is 2. The SMILES string of the molecule is Cc1ccc2c(CN)c3n(c2c1)CCN(C)C3. The average Bonchev–Trinajstić information content (AvgIpc) is 2.61. The predicted molar refractivity (Wildman–Crippen MR) is 70.9 cm³/mol. The van der Waals surface area contributed by atoms with E-state index in [1.807, 2.05) is 0 Å². The Kier molecular flexibility index (Phi) is 2.45. The van der Waals surface area contributed by atoms with Crippen LogP contribution in [0.3, 0.4) is 0 Å². The van der Waals surface area contributed by atoms with E-state index >= 15 is 0 Å². The van der Waals surface area contributed by atoms with Gasteiger partial charge in [-0.2, -0.15) is 0 Å². The van der Waals surface area contributed by atoms with Gasteiger partial charge in [0.1, 0.15) is 0 Å². The fourth-order valence-electron chi connectivity index (χ4n) is 2.85. The number of hydrogen-bond donors (Lipinski definition) is 1. The molecule has 0 amide bonds. The summed E-state index contributed by atoms with van der Waals surface area (Å²) in [6, 6.07) is 6.68. The van der Waals surface area contributed by atoms with Gasteiger partial charge in [-0.1, -0.05) is 12.1 Å². The molecule has 1 aromatic heterocycles. The van der Waals surface area contributed by atoms with Crippen molar-refractivity contribution in [3.8, 4) is 0 Å². The highest BCUT2D eigenvalue weighted by Crippen LogP contribution is 2.29. The average molecular weight is 229 g/mol. The third-order valence-electron chi connectivity index (χ3n) is 3.77. The fourth-order valence-corrected chi connectivity index (χ4v) is 2.85. The Labute approximate surface area is 102 Å². The quantitative estimate of drug-likeness (QED) is 0.810. The first kappa shape index (κ1) is 10.8. The van der Waals surface area contributed by atoms with Crippen molar-refractivity contribution in [3.63, 3.8) is 0 Å². The molecule has 0 aliphatic carbocycles. The standard InChI is InChI=1S/C14H19N3/c1-10-3-4-11-12(8-15)14-9-16(2)5-6-17(14)13(11)7-10/h3-4,7H,5-6,8-9,15H2,1-2H3. The summed E-state index contributed by atoms with van der Waals surface area (Å²) in [7, 11) is 2.17. The lowest BCUT2D eigenvalue weighted by molar-refractivity contribution is 0.271. The van der Waals surface area contributed by atoms with Crippen LogP contribution >= 0.6 is 0 Å². The van der Waals surface area contributed by atoms with Crippen LogP contribution in [0.5, 0.6) is 0 Å². The zero-order chi connectivity index (χ0) is 12.0. The maximum Gasteiger partial charge on any atom is 0.0489 e. The number of fused-ring (bicyclic) bond motifs is 3. The summed E-state index contributed by atoms with van der Waals surface area (Å²) in [5.41, 5.74) is 11.3. The minimum Gasteiger partial charge on any atom is -0.342 e. The molecule has 0 atom stereocenters. The molecular weight excluding hydrogens is 210 g/mol. The van der Waals surface area contributed by atoms with Gasteiger partial charge >= 0.3 is 0 Å². The second-order valence-electron chi connectivity index (χ2n) is 5.04. The molecule has 0 spiro atoms. The molecule has 17 heavy (non-hydrogen) atoms. The monoisotopic (exact) mass is 229 g/mol. The van der Waals surface area contributed by atoms with Gasteiger partial charge in [0.15, 0.2) is 0 Å². The third-order valence-corrected chi connectivity index (χ3v) is 3.77. The van der Waals surface area contributed by atoms with Crippen LogP contribution in [0.1, 0.15) is 16.8 Å². The lowest BCUT2D eigenvalue weighted by Crippen LogP contribution is -2.30. The van der Waals surface area contributed by atoms with E-state index in [1.165, 1.54) is 27.7 Å². The highest BCUT2D eigenvalue weighted by molar-refractivity contribution is 5.86. The number of rotatable bonds is 1. The number of hydrogen-bond acceptors (Lipinski definition) is 2. The lowest BCUT2D eigenvalue weighted by Gasteiger charge is -2.26. The fraction of sp³-hybridized carbons (Fsp3) is 0.429. The van der Waals surface area contributed by atoms with Crippen molar-refractivity contribution in [1.82, 2.24) is 9.47 Å².